The van der Waals surface area contributed by atoms with E-state index in [2.05, 4.69) is 0 Å². The van der Waals surface area contributed by atoms with Crippen LogP contribution in [0.15, 0.2) is 23.1 Å². The number of aliphatic hydroxyl groups is 1. The minimum absolute atomic E-state index is 0.204. The van der Waals surface area contributed by atoms with E-state index in [1.165, 1.54) is 17.5 Å². The third kappa shape index (κ3) is 3.54. The van der Waals surface area contributed by atoms with Gasteiger partial charge in [0, 0.05) is 19.7 Å². The van der Waals surface area contributed by atoms with Crippen LogP contribution in [0.3, 0.4) is 0 Å². The van der Waals surface area contributed by atoms with Crippen molar-refractivity contribution < 1.29 is 22.7 Å². The summed E-state index contributed by atoms with van der Waals surface area (Å²) in [5, 5.41) is 9.06. The fourth-order valence-corrected chi connectivity index (χ4v) is 3.75. The van der Waals surface area contributed by atoms with Crippen LogP contribution in [-0.4, -0.2) is 44.1 Å². The Morgan fingerprint density at radius 1 is 1.45 bits per heavy atom. The number of aliphatic hydroxyl groups excluding tert-OH is 1. The molecule has 0 aliphatic carbocycles. The molecular formula is C13H20FNO4S. The predicted molar refractivity (Wildman–Crippen MR) is 73.2 cm³/mol. The molecule has 0 spiro atoms. The van der Waals surface area contributed by atoms with Crippen LogP contribution < -0.4 is 0 Å². The van der Waals surface area contributed by atoms with E-state index in [0.717, 1.165) is 12.1 Å². The van der Waals surface area contributed by atoms with Crippen molar-refractivity contribution in [1.29, 1.82) is 0 Å². The molecule has 0 amide bonds. The van der Waals surface area contributed by atoms with Gasteiger partial charge >= 0.3 is 0 Å². The molecule has 0 saturated carbocycles. The molecule has 7 heteroatoms. The average molecular weight is 305 g/mol. The molecule has 5 nitrogen and oxygen atoms in total. The Labute approximate surface area is 119 Å². The lowest BCUT2D eigenvalue weighted by Crippen LogP contribution is -2.41. The van der Waals surface area contributed by atoms with Crippen molar-refractivity contribution in [2.24, 2.45) is 0 Å². The summed E-state index contributed by atoms with van der Waals surface area (Å²) in [6.07, 6.45) is 0. The van der Waals surface area contributed by atoms with Gasteiger partial charge in [0.1, 0.15) is 10.7 Å². The highest BCUT2D eigenvalue weighted by Gasteiger charge is 2.30. The summed E-state index contributed by atoms with van der Waals surface area (Å²) in [7, 11) is -2.49. The molecule has 1 atom stereocenters. The fourth-order valence-electron chi connectivity index (χ4n) is 2.01. The molecule has 1 aromatic carbocycles. The molecule has 1 aromatic rings. The molecule has 1 unspecified atom stereocenters. The Kier molecular flexibility index (Phi) is 6.07. The second-order valence-corrected chi connectivity index (χ2v) is 6.29. The number of rotatable bonds is 7. The molecule has 0 heterocycles. The zero-order valence-electron chi connectivity index (χ0n) is 11.8. The first-order valence-electron chi connectivity index (χ1n) is 6.28. The highest BCUT2D eigenvalue weighted by molar-refractivity contribution is 7.89. The molecule has 114 valence electrons. The maximum atomic E-state index is 13.8. The van der Waals surface area contributed by atoms with Crippen molar-refractivity contribution >= 4 is 10.0 Å². The third-order valence-corrected chi connectivity index (χ3v) is 5.08. The minimum atomic E-state index is -3.97. The maximum Gasteiger partial charge on any atom is 0.246 e. The summed E-state index contributed by atoms with van der Waals surface area (Å²) >= 11 is 0. The van der Waals surface area contributed by atoms with Gasteiger partial charge in [-0.1, -0.05) is 13.0 Å². The van der Waals surface area contributed by atoms with Crippen LogP contribution in [0, 0.1) is 5.82 Å². The summed E-state index contributed by atoms with van der Waals surface area (Å²) in [5.74, 6) is -0.828. The van der Waals surface area contributed by atoms with E-state index in [0.29, 0.717) is 5.56 Å². The standard InChI is InChI=1S/C13H20FNO4S/c1-4-15(10(2)9-19-3)20(17,18)13-7-11(8-16)5-6-12(13)14/h5-7,10,16H,4,8-9H2,1-3H3. The number of methoxy groups -OCH3 is 1. The van der Waals surface area contributed by atoms with Crippen LogP contribution in [-0.2, 0) is 21.4 Å². The van der Waals surface area contributed by atoms with Gasteiger partial charge in [-0.05, 0) is 24.6 Å². The fraction of sp³-hybridized carbons (Fsp3) is 0.538. The number of hydrogen-bond donors (Lipinski definition) is 1. The van der Waals surface area contributed by atoms with Gasteiger partial charge in [-0.25, -0.2) is 12.8 Å². The van der Waals surface area contributed by atoms with Crippen LogP contribution in [0.4, 0.5) is 4.39 Å². The SMILES string of the molecule is CCN(C(C)COC)S(=O)(=O)c1cc(CO)ccc1F. The second kappa shape index (κ2) is 7.12. The van der Waals surface area contributed by atoms with Crippen LogP contribution in [0.25, 0.3) is 0 Å². The van der Waals surface area contributed by atoms with Crippen molar-refractivity contribution in [3.05, 3.63) is 29.6 Å². The Morgan fingerprint density at radius 3 is 2.60 bits per heavy atom. The number of ether oxygens (including phenoxy) is 1. The number of hydrogen-bond acceptors (Lipinski definition) is 4. The largest absolute Gasteiger partial charge is 0.392 e. The number of sulfonamides is 1. The van der Waals surface area contributed by atoms with E-state index in [-0.39, 0.29) is 19.8 Å². The smallest absolute Gasteiger partial charge is 0.246 e. The molecule has 1 rings (SSSR count). The molecule has 20 heavy (non-hydrogen) atoms. The third-order valence-electron chi connectivity index (χ3n) is 2.98. The Hall–Kier alpha value is -1.02. The van der Waals surface area contributed by atoms with Gasteiger partial charge in [-0.15, -0.1) is 0 Å². The lowest BCUT2D eigenvalue weighted by Gasteiger charge is -2.26. The first kappa shape index (κ1) is 17.0. The molecule has 1 N–H and O–H groups in total. The number of halogens is 1. The Bertz CT molecular complexity index is 547. The normalized spacial score (nSPS) is 13.7. The summed E-state index contributed by atoms with van der Waals surface area (Å²) < 4.78 is 45.0. The zero-order chi connectivity index (χ0) is 15.3. The first-order valence-corrected chi connectivity index (χ1v) is 7.72. The van der Waals surface area contributed by atoms with E-state index in [1.54, 1.807) is 13.8 Å². The van der Waals surface area contributed by atoms with Gasteiger partial charge in [0.25, 0.3) is 0 Å². The Morgan fingerprint density at radius 2 is 2.10 bits per heavy atom. The highest BCUT2D eigenvalue weighted by Crippen LogP contribution is 2.22. The van der Waals surface area contributed by atoms with Crippen LogP contribution in [0.5, 0.6) is 0 Å². The van der Waals surface area contributed by atoms with E-state index in [9.17, 15) is 12.8 Å². The molecule has 0 radical (unpaired) electrons. The maximum absolute atomic E-state index is 13.8. The van der Waals surface area contributed by atoms with Gasteiger partial charge in [0.05, 0.1) is 13.2 Å². The van der Waals surface area contributed by atoms with Crippen LogP contribution in [0.2, 0.25) is 0 Å². The van der Waals surface area contributed by atoms with Crippen LogP contribution >= 0.6 is 0 Å². The lowest BCUT2D eigenvalue weighted by molar-refractivity contribution is 0.142. The topological polar surface area (TPSA) is 66.8 Å². The zero-order valence-corrected chi connectivity index (χ0v) is 12.7. The molecule has 0 aliphatic heterocycles. The highest BCUT2D eigenvalue weighted by atomic mass is 32.2. The minimum Gasteiger partial charge on any atom is -0.392 e. The van der Waals surface area contributed by atoms with Crippen molar-refractivity contribution in [3.63, 3.8) is 0 Å². The first-order chi connectivity index (χ1) is 9.38. The lowest BCUT2D eigenvalue weighted by atomic mass is 10.2. The van der Waals surface area contributed by atoms with E-state index in [4.69, 9.17) is 9.84 Å². The van der Waals surface area contributed by atoms with Crippen molar-refractivity contribution in [3.8, 4) is 0 Å². The van der Waals surface area contributed by atoms with Gasteiger partial charge < -0.3 is 9.84 Å². The van der Waals surface area contributed by atoms with Gasteiger partial charge in [-0.2, -0.15) is 4.31 Å². The van der Waals surface area contributed by atoms with Gasteiger partial charge in [-0.3, -0.25) is 0 Å². The number of benzene rings is 1. The van der Waals surface area contributed by atoms with Gasteiger partial charge in [0.2, 0.25) is 10.0 Å². The number of nitrogens with zero attached hydrogens (tertiary/aromatic N) is 1. The quantitative estimate of drug-likeness (QED) is 0.826. The summed E-state index contributed by atoms with van der Waals surface area (Å²) in [6, 6.07) is 3.15. The molecular weight excluding hydrogens is 285 g/mol. The van der Waals surface area contributed by atoms with Crippen molar-refractivity contribution in [2.45, 2.75) is 31.4 Å². The summed E-state index contributed by atoms with van der Waals surface area (Å²) in [6.45, 7) is 3.45. The predicted octanol–water partition coefficient (Wildman–Crippen LogP) is 1.36. The van der Waals surface area contributed by atoms with E-state index >= 15 is 0 Å². The molecule has 0 saturated heterocycles. The van der Waals surface area contributed by atoms with E-state index in [1.807, 2.05) is 0 Å². The van der Waals surface area contributed by atoms with Gasteiger partial charge in [0.15, 0.2) is 0 Å². The number of likely N-dealkylation sites (N-methyl/N-ethyl adjacent to an activating group) is 1. The summed E-state index contributed by atoms with van der Waals surface area (Å²) in [5.41, 5.74) is 0.348. The molecule has 0 bridgehead atoms. The van der Waals surface area contributed by atoms with Crippen LogP contribution in [0.1, 0.15) is 19.4 Å². The summed E-state index contributed by atoms with van der Waals surface area (Å²) in [4.78, 5) is -0.422. The second-order valence-electron chi connectivity index (χ2n) is 4.44. The molecule has 0 fully saturated rings. The van der Waals surface area contributed by atoms with E-state index < -0.39 is 26.8 Å². The Balaban J connectivity index is 3.26. The monoisotopic (exact) mass is 305 g/mol. The molecule has 0 aliphatic rings. The van der Waals surface area contributed by atoms with Crippen molar-refractivity contribution in [2.75, 3.05) is 20.3 Å². The average Bonchev–Trinajstić information content (AvgIpc) is 2.39. The van der Waals surface area contributed by atoms with Crippen molar-refractivity contribution in [1.82, 2.24) is 4.31 Å². The molecule has 0 aromatic heterocycles.